The first-order valence-corrected chi connectivity index (χ1v) is 7.37. The van der Waals surface area contributed by atoms with Crippen LogP contribution < -0.4 is 10.1 Å². The van der Waals surface area contributed by atoms with Gasteiger partial charge in [0, 0.05) is 12.5 Å². The second kappa shape index (κ2) is 6.95. The fraction of sp³-hybridized carbons (Fsp3) is 0.250. The summed E-state index contributed by atoms with van der Waals surface area (Å²) in [6.45, 7) is 0.508. The number of rotatable bonds is 6. The molecule has 8 nitrogen and oxygen atoms in total. The number of nitro groups is 1. The van der Waals surface area contributed by atoms with E-state index in [1.165, 1.54) is 12.3 Å². The summed E-state index contributed by atoms with van der Waals surface area (Å²) in [4.78, 5) is 19.5. The molecule has 0 saturated carbocycles. The lowest BCUT2D eigenvalue weighted by Crippen LogP contribution is -2.20. The van der Waals surface area contributed by atoms with Crippen molar-refractivity contribution in [2.45, 2.75) is 12.5 Å². The van der Waals surface area contributed by atoms with Crippen LogP contribution in [0.5, 0.6) is 5.75 Å². The number of aromatic nitrogens is 1. The van der Waals surface area contributed by atoms with Gasteiger partial charge in [0.25, 0.3) is 5.69 Å². The third kappa shape index (κ3) is 3.60. The van der Waals surface area contributed by atoms with Gasteiger partial charge in [0.15, 0.2) is 0 Å². The van der Waals surface area contributed by atoms with Crippen LogP contribution in [0.1, 0.15) is 12.0 Å². The first kappa shape index (κ1) is 15.7. The highest BCUT2D eigenvalue weighted by molar-refractivity contribution is 6.01. The van der Waals surface area contributed by atoms with Gasteiger partial charge in [-0.15, -0.1) is 0 Å². The zero-order valence-corrected chi connectivity index (χ0v) is 13.0. The number of hydrogen-bond acceptors (Lipinski definition) is 7. The first-order chi connectivity index (χ1) is 11.7. The highest BCUT2D eigenvalue weighted by Gasteiger charge is 2.22. The topological polar surface area (TPSA) is 98.9 Å². The molecule has 1 aromatic carbocycles. The zero-order chi connectivity index (χ0) is 16.9. The van der Waals surface area contributed by atoms with E-state index in [9.17, 15) is 10.1 Å². The number of nitrogens with zero attached hydrogens (tertiary/aromatic N) is 3. The second-order valence-corrected chi connectivity index (χ2v) is 5.24. The average molecular weight is 328 g/mol. The maximum atomic E-state index is 10.6. The summed E-state index contributed by atoms with van der Waals surface area (Å²) in [6.07, 6.45) is 1.78. The second-order valence-electron chi connectivity index (χ2n) is 5.24. The van der Waals surface area contributed by atoms with Crippen molar-refractivity contribution in [3.63, 3.8) is 0 Å². The maximum absolute atomic E-state index is 10.6. The van der Waals surface area contributed by atoms with E-state index in [1.54, 1.807) is 13.2 Å². The van der Waals surface area contributed by atoms with Crippen molar-refractivity contribution in [2.75, 3.05) is 19.0 Å². The highest BCUT2D eigenvalue weighted by atomic mass is 16.6. The Balaban J connectivity index is 1.52. The minimum Gasteiger partial charge on any atom is -0.497 e. The lowest BCUT2D eigenvalue weighted by atomic mass is 10.0. The number of hydrogen-bond donors (Lipinski definition) is 1. The molecule has 0 spiro atoms. The van der Waals surface area contributed by atoms with Crippen LogP contribution in [0.15, 0.2) is 47.8 Å². The Hall–Kier alpha value is -3.16. The Labute approximate surface area is 138 Å². The summed E-state index contributed by atoms with van der Waals surface area (Å²) in [6, 6.07) is 10.6. The highest BCUT2D eigenvalue weighted by Crippen LogP contribution is 2.20. The fourth-order valence-corrected chi connectivity index (χ4v) is 2.31. The maximum Gasteiger partial charge on any atom is 0.287 e. The van der Waals surface area contributed by atoms with Crippen LogP contribution in [0.3, 0.4) is 0 Å². The molecule has 1 unspecified atom stereocenters. The van der Waals surface area contributed by atoms with E-state index in [1.807, 2.05) is 24.3 Å². The molecule has 1 aromatic heterocycles. The van der Waals surface area contributed by atoms with E-state index < -0.39 is 4.92 Å². The van der Waals surface area contributed by atoms with Gasteiger partial charge in [-0.3, -0.25) is 10.1 Å². The van der Waals surface area contributed by atoms with Crippen molar-refractivity contribution in [1.82, 2.24) is 4.98 Å². The summed E-state index contributed by atoms with van der Waals surface area (Å²) in [5.74, 6) is 1.35. The minimum atomic E-state index is -0.480. The molecule has 0 fully saturated rings. The molecule has 0 radical (unpaired) electrons. The van der Waals surface area contributed by atoms with E-state index in [0.29, 0.717) is 18.8 Å². The predicted molar refractivity (Wildman–Crippen MR) is 88.4 cm³/mol. The molecule has 1 N–H and O–H groups in total. The van der Waals surface area contributed by atoms with Gasteiger partial charge >= 0.3 is 0 Å². The average Bonchev–Trinajstić information content (AvgIpc) is 3.09. The Morgan fingerprint density at radius 2 is 2.12 bits per heavy atom. The summed E-state index contributed by atoms with van der Waals surface area (Å²) in [5, 5.41) is 17.8. The Bertz CT molecular complexity index is 744. The molecule has 0 aliphatic carbocycles. The summed E-state index contributed by atoms with van der Waals surface area (Å²) in [7, 11) is 1.62. The van der Waals surface area contributed by atoms with Gasteiger partial charge in [0.1, 0.15) is 23.9 Å². The number of oxime groups is 1. The third-order valence-electron chi connectivity index (χ3n) is 3.63. The van der Waals surface area contributed by atoms with Crippen LogP contribution >= 0.6 is 0 Å². The molecule has 1 aliphatic heterocycles. The van der Waals surface area contributed by atoms with Crippen LogP contribution in [0.2, 0.25) is 0 Å². The van der Waals surface area contributed by atoms with Gasteiger partial charge in [-0.25, -0.2) is 4.98 Å². The van der Waals surface area contributed by atoms with E-state index in [2.05, 4.69) is 15.5 Å². The van der Waals surface area contributed by atoms with E-state index in [0.717, 1.165) is 17.0 Å². The number of benzene rings is 1. The summed E-state index contributed by atoms with van der Waals surface area (Å²) >= 11 is 0. The van der Waals surface area contributed by atoms with Crippen molar-refractivity contribution in [3.8, 4) is 5.75 Å². The smallest absolute Gasteiger partial charge is 0.287 e. The number of methoxy groups -OCH3 is 1. The summed E-state index contributed by atoms with van der Waals surface area (Å²) in [5.41, 5.74) is 1.83. The molecular formula is C16H16N4O4. The first-order valence-electron chi connectivity index (χ1n) is 7.37. The molecule has 8 heteroatoms. The van der Waals surface area contributed by atoms with Crippen molar-refractivity contribution < 1.29 is 14.5 Å². The summed E-state index contributed by atoms with van der Waals surface area (Å²) < 4.78 is 5.13. The van der Waals surface area contributed by atoms with Gasteiger partial charge in [0.05, 0.1) is 24.3 Å². The van der Waals surface area contributed by atoms with Crippen LogP contribution in [0.25, 0.3) is 0 Å². The Morgan fingerprint density at radius 3 is 2.75 bits per heavy atom. The van der Waals surface area contributed by atoms with E-state index >= 15 is 0 Å². The minimum absolute atomic E-state index is 0.0391. The van der Waals surface area contributed by atoms with Crippen molar-refractivity contribution >= 4 is 17.2 Å². The normalized spacial score (nSPS) is 16.2. The molecule has 0 bridgehead atoms. The largest absolute Gasteiger partial charge is 0.497 e. The molecule has 2 heterocycles. The lowest BCUT2D eigenvalue weighted by molar-refractivity contribution is -0.385. The van der Waals surface area contributed by atoms with Crippen molar-refractivity contribution in [3.05, 3.63) is 58.3 Å². The monoisotopic (exact) mass is 328 g/mol. The molecule has 3 rings (SSSR count). The number of pyridine rings is 1. The number of ether oxygens (including phenoxy) is 1. The SMILES string of the molecule is COc1ccc(C2=NOC(CNc3ccc([N+](=O)[O-])cn3)C2)cc1. The Kier molecular flexibility index (Phi) is 4.55. The Morgan fingerprint density at radius 1 is 1.33 bits per heavy atom. The number of nitrogens with one attached hydrogen (secondary N) is 1. The molecule has 1 aliphatic rings. The zero-order valence-electron chi connectivity index (χ0n) is 13.0. The number of anilines is 1. The van der Waals surface area contributed by atoms with Crippen molar-refractivity contribution in [1.29, 1.82) is 0 Å². The molecule has 2 aromatic rings. The van der Waals surface area contributed by atoms with Crippen LogP contribution in [0.4, 0.5) is 11.5 Å². The molecule has 24 heavy (non-hydrogen) atoms. The van der Waals surface area contributed by atoms with Gasteiger partial charge < -0.3 is 14.9 Å². The van der Waals surface area contributed by atoms with Gasteiger partial charge in [-0.1, -0.05) is 5.16 Å². The van der Waals surface area contributed by atoms with E-state index in [4.69, 9.17) is 9.57 Å². The molecule has 0 saturated heterocycles. The van der Waals surface area contributed by atoms with Crippen LogP contribution in [-0.4, -0.2) is 35.4 Å². The predicted octanol–water partition coefficient (Wildman–Crippen LogP) is 2.60. The van der Waals surface area contributed by atoms with Gasteiger partial charge in [0.2, 0.25) is 0 Å². The van der Waals surface area contributed by atoms with Crippen LogP contribution in [-0.2, 0) is 4.84 Å². The molecular weight excluding hydrogens is 312 g/mol. The van der Waals surface area contributed by atoms with Gasteiger partial charge in [-0.05, 0) is 35.9 Å². The van der Waals surface area contributed by atoms with E-state index in [-0.39, 0.29) is 11.8 Å². The van der Waals surface area contributed by atoms with Crippen molar-refractivity contribution in [2.24, 2.45) is 5.16 Å². The molecule has 124 valence electrons. The van der Waals surface area contributed by atoms with Gasteiger partial charge in [-0.2, -0.15) is 0 Å². The standard InChI is InChI=1S/C16H16N4O4/c1-23-13-5-2-11(3-6-13)15-8-14(24-19-15)10-18-16-7-4-12(9-17-16)20(21)22/h2-7,9,14H,8,10H2,1H3,(H,17,18). The van der Waals surface area contributed by atoms with Crippen LogP contribution in [0, 0.1) is 10.1 Å². The quantitative estimate of drug-likeness (QED) is 0.646. The fourth-order valence-electron chi connectivity index (χ4n) is 2.31. The molecule has 1 atom stereocenters. The molecule has 0 amide bonds. The third-order valence-corrected chi connectivity index (χ3v) is 3.63. The lowest BCUT2D eigenvalue weighted by Gasteiger charge is -2.10.